The molecule has 0 atom stereocenters. The van der Waals surface area contributed by atoms with E-state index in [1.165, 1.54) is 121 Å². The Morgan fingerprint density at radius 1 is 0.231 bits per heavy atom. The molecule has 2 heteroatoms. The third kappa shape index (κ3) is 5.93. The maximum Gasteiger partial charge on any atom is 0.0540 e. The largest absolute Gasteiger partial charge is 0.310 e. The van der Waals surface area contributed by atoms with E-state index in [0.29, 0.717) is 0 Å². The molecule has 2 nitrogen and oxygen atoms in total. The van der Waals surface area contributed by atoms with Crippen LogP contribution in [0.25, 0.3) is 76.8 Å². The van der Waals surface area contributed by atoms with Crippen LogP contribution < -0.4 is 9.80 Å². The third-order valence-corrected chi connectivity index (χ3v) is 19.4. The van der Waals surface area contributed by atoms with Crippen molar-refractivity contribution < 1.29 is 0 Å². The third-order valence-electron chi connectivity index (χ3n) is 19.4. The van der Waals surface area contributed by atoms with E-state index in [1.54, 1.807) is 0 Å². The summed E-state index contributed by atoms with van der Waals surface area (Å²) in [6.45, 7) is 19.0. The van der Waals surface area contributed by atoms with Gasteiger partial charge in [0, 0.05) is 55.2 Å². The fourth-order valence-corrected chi connectivity index (χ4v) is 15.4. The Bertz CT molecular complexity index is 4070. The molecule has 0 heterocycles. The first-order valence-electron chi connectivity index (χ1n) is 28.0. The van der Waals surface area contributed by atoms with E-state index < -0.39 is 0 Å². The van der Waals surface area contributed by atoms with Crippen LogP contribution in [0.2, 0.25) is 0 Å². The summed E-state index contributed by atoms with van der Waals surface area (Å²) in [5.74, 6) is 0. The predicted molar refractivity (Wildman–Crippen MR) is 330 cm³/mol. The molecule has 12 aromatic rings. The van der Waals surface area contributed by atoms with Gasteiger partial charge in [0.15, 0.2) is 0 Å². The predicted octanol–water partition coefficient (Wildman–Crippen LogP) is 20.7. The van der Waals surface area contributed by atoms with Gasteiger partial charge in [0.2, 0.25) is 0 Å². The van der Waals surface area contributed by atoms with E-state index in [2.05, 4.69) is 284 Å². The molecule has 0 bridgehead atoms. The number of anilines is 6. The quantitative estimate of drug-likeness (QED) is 0.153. The van der Waals surface area contributed by atoms with Gasteiger partial charge >= 0.3 is 0 Å². The summed E-state index contributed by atoms with van der Waals surface area (Å²) in [4.78, 5) is 5.10. The Hall–Kier alpha value is -8.72. The SMILES string of the molecule is CC1(C)c2ccccc2-c2cc(N(c3ccc4c(c3)-c3ccccc3C4(C)C)c3ccc4ccc5c(N(c6ccc7c(c6)-c6ccccc6C7(C)C)c6ccc7c(c6)-c6ccccc6C7(C)C)ccc6ccc3c4c65)ccc21. The Morgan fingerprint density at radius 3 is 0.756 bits per heavy atom. The minimum atomic E-state index is -0.0987. The van der Waals surface area contributed by atoms with Crippen LogP contribution in [-0.4, -0.2) is 0 Å². The minimum Gasteiger partial charge on any atom is -0.310 e. The van der Waals surface area contributed by atoms with Crippen molar-refractivity contribution in [3.05, 3.63) is 263 Å². The van der Waals surface area contributed by atoms with E-state index >= 15 is 0 Å². The number of hydrogen-bond acceptors (Lipinski definition) is 2. The summed E-state index contributed by atoms with van der Waals surface area (Å²) >= 11 is 0. The van der Waals surface area contributed by atoms with Gasteiger partial charge in [0.05, 0.1) is 11.4 Å². The average molecular weight is 1000 g/mol. The molecule has 16 rings (SSSR count). The van der Waals surface area contributed by atoms with E-state index in [4.69, 9.17) is 0 Å². The van der Waals surface area contributed by atoms with Crippen molar-refractivity contribution in [3.8, 4) is 44.5 Å². The van der Waals surface area contributed by atoms with Crippen LogP contribution in [-0.2, 0) is 21.7 Å². The highest BCUT2D eigenvalue weighted by Gasteiger charge is 2.40. The van der Waals surface area contributed by atoms with Crippen LogP contribution in [0.15, 0.2) is 218 Å². The van der Waals surface area contributed by atoms with Gasteiger partial charge in [-0.15, -0.1) is 0 Å². The fraction of sp³-hybridized carbons (Fsp3) is 0.158. The van der Waals surface area contributed by atoms with Crippen LogP contribution >= 0.6 is 0 Å². The molecule has 0 saturated carbocycles. The zero-order valence-corrected chi connectivity index (χ0v) is 45.7. The molecule has 4 aliphatic carbocycles. The smallest absolute Gasteiger partial charge is 0.0540 e. The number of fused-ring (bicyclic) bond motifs is 12. The monoisotopic (exact) mass is 1000 g/mol. The van der Waals surface area contributed by atoms with E-state index in [1.807, 2.05) is 0 Å². The van der Waals surface area contributed by atoms with Crippen molar-refractivity contribution in [1.29, 1.82) is 0 Å². The molecule has 78 heavy (non-hydrogen) atoms. The second-order valence-corrected chi connectivity index (χ2v) is 24.9. The highest BCUT2D eigenvalue weighted by molar-refractivity contribution is 6.28. The molecule has 0 saturated heterocycles. The Labute approximate surface area is 458 Å². The van der Waals surface area contributed by atoms with Gasteiger partial charge in [-0.2, -0.15) is 0 Å². The second kappa shape index (κ2) is 15.5. The standard InChI is InChI=1S/C76H60N2/c1-73(2)61-21-13-9-17-51(61)57-41-47(29-35-65(57)73)77(48-30-36-66-58(42-48)52-18-10-14-22-62(52)74(66,3)4)69-39-27-45-26-34-56-70(40-28-46-25-33-55(69)71(45)72(46)56)78(49-31-37-67-59(43-49)53-19-11-15-23-63(53)75(67,5)6)50-32-38-68-60(44-50)54-20-12-16-24-64(54)76(68,7)8/h9-44H,1-8H3. The number of rotatable bonds is 6. The summed E-state index contributed by atoms with van der Waals surface area (Å²) < 4.78 is 0. The molecule has 0 amide bonds. The van der Waals surface area contributed by atoms with Gasteiger partial charge in [-0.1, -0.05) is 213 Å². The Balaban J connectivity index is 0.936. The molecule has 374 valence electrons. The van der Waals surface area contributed by atoms with E-state index in [0.717, 1.165) is 34.1 Å². The van der Waals surface area contributed by atoms with E-state index in [9.17, 15) is 0 Å². The van der Waals surface area contributed by atoms with Crippen molar-refractivity contribution in [2.45, 2.75) is 77.0 Å². The Kier molecular flexibility index (Phi) is 9.03. The van der Waals surface area contributed by atoms with Crippen LogP contribution in [0, 0.1) is 0 Å². The molecule has 0 radical (unpaired) electrons. The molecule has 0 aromatic heterocycles. The summed E-state index contributed by atoms with van der Waals surface area (Å²) in [6.07, 6.45) is 0. The maximum absolute atomic E-state index is 2.55. The highest BCUT2D eigenvalue weighted by atomic mass is 15.2. The van der Waals surface area contributed by atoms with Crippen LogP contribution in [0.5, 0.6) is 0 Å². The minimum absolute atomic E-state index is 0.0987. The van der Waals surface area contributed by atoms with Crippen molar-refractivity contribution >= 4 is 66.4 Å². The fourth-order valence-electron chi connectivity index (χ4n) is 15.4. The first-order chi connectivity index (χ1) is 37.7. The highest BCUT2D eigenvalue weighted by Crippen LogP contribution is 2.57. The van der Waals surface area contributed by atoms with Crippen LogP contribution in [0.4, 0.5) is 34.1 Å². The Morgan fingerprint density at radius 2 is 0.474 bits per heavy atom. The molecule has 0 fully saturated rings. The summed E-state index contributed by atoms with van der Waals surface area (Å²) in [7, 11) is 0. The topological polar surface area (TPSA) is 6.48 Å². The molecular weight excluding hydrogens is 941 g/mol. The second-order valence-electron chi connectivity index (χ2n) is 24.9. The molecule has 0 N–H and O–H groups in total. The van der Waals surface area contributed by atoms with Gasteiger partial charge < -0.3 is 9.80 Å². The van der Waals surface area contributed by atoms with Crippen LogP contribution in [0.1, 0.15) is 99.9 Å². The molecule has 12 aromatic carbocycles. The first kappa shape index (κ1) is 45.5. The zero-order chi connectivity index (χ0) is 52.8. The van der Waals surface area contributed by atoms with Gasteiger partial charge in [0.25, 0.3) is 0 Å². The lowest BCUT2D eigenvalue weighted by molar-refractivity contribution is 0.660. The molecule has 0 spiro atoms. The number of nitrogens with zero attached hydrogens (tertiary/aromatic N) is 2. The lowest BCUT2D eigenvalue weighted by atomic mass is 9.82. The lowest BCUT2D eigenvalue weighted by Gasteiger charge is -2.31. The van der Waals surface area contributed by atoms with Crippen molar-refractivity contribution in [2.75, 3.05) is 9.80 Å². The summed E-state index contributed by atoms with van der Waals surface area (Å²) in [6, 6.07) is 84.0. The summed E-state index contributed by atoms with van der Waals surface area (Å²) in [5, 5.41) is 7.48. The molecule has 0 unspecified atom stereocenters. The normalized spacial score (nSPS) is 15.8. The van der Waals surface area contributed by atoms with Gasteiger partial charge in [-0.25, -0.2) is 0 Å². The molecule has 4 aliphatic rings. The zero-order valence-electron chi connectivity index (χ0n) is 45.7. The summed E-state index contributed by atoms with van der Waals surface area (Å²) in [5.41, 5.74) is 28.1. The average Bonchev–Trinajstić information content (AvgIpc) is 4.19. The number of hydrogen-bond donors (Lipinski definition) is 0. The lowest BCUT2D eigenvalue weighted by Crippen LogP contribution is -2.16. The van der Waals surface area contributed by atoms with Gasteiger partial charge in [0.1, 0.15) is 0 Å². The van der Waals surface area contributed by atoms with E-state index in [-0.39, 0.29) is 21.7 Å². The van der Waals surface area contributed by atoms with Crippen molar-refractivity contribution in [3.63, 3.8) is 0 Å². The van der Waals surface area contributed by atoms with Crippen molar-refractivity contribution in [1.82, 2.24) is 0 Å². The maximum atomic E-state index is 2.55. The van der Waals surface area contributed by atoms with Gasteiger partial charge in [-0.05, 0) is 171 Å². The molecular formula is C76H60N2. The van der Waals surface area contributed by atoms with Crippen LogP contribution in [0.3, 0.4) is 0 Å². The number of benzene rings is 12. The van der Waals surface area contributed by atoms with Crippen molar-refractivity contribution in [2.24, 2.45) is 0 Å². The molecule has 0 aliphatic heterocycles. The van der Waals surface area contributed by atoms with Gasteiger partial charge in [-0.3, -0.25) is 0 Å². The first-order valence-corrected chi connectivity index (χ1v) is 28.0.